The fraction of sp³-hybridized carbons (Fsp3) is 0.250. The van der Waals surface area contributed by atoms with Crippen LogP contribution in [0.3, 0.4) is 0 Å². The molecule has 0 aliphatic rings. The first-order valence-electron chi connectivity index (χ1n) is 6.74. The lowest BCUT2D eigenvalue weighted by Gasteiger charge is -2.16. The number of para-hydroxylation sites is 1. The maximum atomic E-state index is 12.1. The van der Waals surface area contributed by atoms with Crippen LogP contribution < -0.4 is 10.5 Å². The Morgan fingerprint density at radius 2 is 1.77 bits per heavy atom. The first-order valence-corrected chi connectivity index (χ1v) is 6.74. The Kier molecular flexibility index (Phi) is 4.61. The van der Waals surface area contributed by atoms with Gasteiger partial charge in [-0.15, -0.1) is 13.2 Å². The van der Waals surface area contributed by atoms with Crippen molar-refractivity contribution in [1.82, 2.24) is 0 Å². The van der Waals surface area contributed by atoms with Crippen LogP contribution in [0.5, 0.6) is 11.5 Å². The van der Waals surface area contributed by atoms with Crippen LogP contribution >= 0.6 is 0 Å². The molecular weight excluding hydrogens is 295 g/mol. The number of phenolic OH excluding ortho intramolecular Hbond substituents is 1. The fourth-order valence-corrected chi connectivity index (χ4v) is 2.20. The summed E-state index contributed by atoms with van der Waals surface area (Å²) < 4.78 is 40.2. The van der Waals surface area contributed by atoms with Crippen molar-refractivity contribution in [2.24, 2.45) is 5.73 Å². The summed E-state index contributed by atoms with van der Waals surface area (Å²) in [5.74, 6) is -0.192. The molecule has 0 aliphatic heterocycles. The smallest absolute Gasteiger partial charge is 0.507 e. The van der Waals surface area contributed by atoms with Gasteiger partial charge in [0.1, 0.15) is 11.5 Å². The maximum Gasteiger partial charge on any atom is 0.573 e. The molecule has 0 aromatic heterocycles. The topological polar surface area (TPSA) is 55.5 Å². The number of benzene rings is 2. The van der Waals surface area contributed by atoms with E-state index in [-0.39, 0.29) is 11.5 Å². The number of hydrogen-bond donors (Lipinski definition) is 2. The number of hydrogen-bond acceptors (Lipinski definition) is 3. The highest BCUT2D eigenvalue weighted by molar-refractivity contribution is 5.46. The maximum absolute atomic E-state index is 12.1. The van der Waals surface area contributed by atoms with E-state index in [1.54, 1.807) is 18.2 Å². The summed E-state index contributed by atoms with van der Waals surface area (Å²) in [6.45, 7) is 1.91. The van der Waals surface area contributed by atoms with Gasteiger partial charge in [0, 0.05) is 5.56 Å². The Bertz CT molecular complexity index is 639. The van der Waals surface area contributed by atoms with Gasteiger partial charge >= 0.3 is 6.36 Å². The van der Waals surface area contributed by atoms with Gasteiger partial charge in [0.05, 0.1) is 6.04 Å². The van der Waals surface area contributed by atoms with E-state index < -0.39 is 12.4 Å². The van der Waals surface area contributed by atoms with E-state index in [0.29, 0.717) is 17.5 Å². The van der Waals surface area contributed by atoms with Crippen molar-refractivity contribution in [2.75, 3.05) is 0 Å². The molecule has 6 heteroatoms. The SMILES string of the molecule is CCc1cccc([C@H](N)c2ccc(OC(F)(F)F)cc2)c1O. The number of alkyl halides is 3. The van der Waals surface area contributed by atoms with Gasteiger partial charge in [0.25, 0.3) is 0 Å². The second-order valence-electron chi connectivity index (χ2n) is 4.80. The van der Waals surface area contributed by atoms with Crippen molar-refractivity contribution in [1.29, 1.82) is 0 Å². The van der Waals surface area contributed by atoms with E-state index in [9.17, 15) is 18.3 Å². The van der Waals surface area contributed by atoms with E-state index in [1.807, 2.05) is 6.92 Å². The third-order valence-electron chi connectivity index (χ3n) is 3.34. The molecule has 2 aromatic carbocycles. The average molecular weight is 311 g/mol. The van der Waals surface area contributed by atoms with Gasteiger partial charge < -0.3 is 15.6 Å². The van der Waals surface area contributed by atoms with Crippen LogP contribution in [0, 0.1) is 0 Å². The number of phenols is 1. The molecule has 0 spiro atoms. The van der Waals surface area contributed by atoms with Crippen LogP contribution in [-0.4, -0.2) is 11.5 Å². The van der Waals surface area contributed by atoms with Crippen molar-refractivity contribution in [2.45, 2.75) is 25.7 Å². The van der Waals surface area contributed by atoms with Crippen LogP contribution in [0.4, 0.5) is 13.2 Å². The van der Waals surface area contributed by atoms with Crippen LogP contribution in [0.25, 0.3) is 0 Å². The average Bonchev–Trinajstić information content (AvgIpc) is 2.46. The minimum Gasteiger partial charge on any atom is -0.507 e. The van der Waals surface area contributed by atoms with Crippen molar-refractivity contribution < 1.29 is 23.0 Å². The third kappa shape index (κ3) is 3.71. The minimum atomic E-state index is -4.72. The molecule has 2 rings (SSSR count). The fourth-order valence-electron chi connectivity index (χ4n) is 2.20. The lowest BCUT2D eigenvalue weighted by atomic mass is 9.96. The largest absolute Gasteiger partial charge is 0.573 e. The minimum absolute atomic E-state index is 0.119. The molecule has 0 radical (unpaired) electrons. The number of aryl methyl sites for hydroxylation is 1. The van der Waals surface area contributed by atoms with Crippen LogP contribution in [0.1, 0.15) is 29.7 Å². The molecule has 0 unspecified atom stereocenters. The summed E-state index contributed by atoms with van der Waals surface area (Å²) in [4.78, 5) is 0. The summed E-state index contributed by atoms with van der Waals surface area (Å²) in [5.41, 5.74) is 7.98. The van der Waals surface area contributed by atoms with Gasteiger partial charge in [-0.05, 0) is 29.7 Å². The number of ether oxygens (including phenoxy) is 1. The highest BCUT2D eigenvalue weighted by Crippen LogP contribution is 2.32. The van der Waals surface area contributed by atoms with Crippen molar-refractivity contribution in [3.63, 3.8) is 0 Å². The predicted octanol–water partition coefficient (Wildman–Crippen LogP) is 3.90. The Balaban J connectivity index is 2.25. The highest BCUT2D eigenvalue weighted by atomic mass is 19.4. The zero-order valence-electron chi connectivity index (χ0n) is 11.9. The van der Waals surface area contributed by atoms with E-state index in [0.717, 1.165) is 5.56 Å². The summed E-state index contributed by atoms with van der Waals surface area (Å²) in [5, 5.41) is 10.2. The van der Waals surface area contributed by atoms with Gasteiger partial charge in [-0.3, -0.25) is 0 Å². The van der Waals surface area contributed by atoms with Crippen LogP contribution in [0.2, 0.25) is 0 Å². The van der Waals surface area contributed by atoms with Gasteiger partial charge in [-0.25, -0.2) is 0 Å². The molecule has 1 atom stereocenters. The van der Waals surface area contributed by atoms with Crippen LogP contribution in [-0.2, 0) is 6.42 Å². The molecule has 0 heterocycles. The summed E-state index contributed by atoms with van der Waals surface area (Å²) >= 11 is 0. The van der Waals surface area contributed by atoms with Gasteiger partial charge in [0.15, 0.2) is 0 Å². The molecule has 118 valence electrons. The molecule has 0 fully saturated rings. The zero-order valence-corrected chi connectivity index (χ0v) is 11.9. The van der Waals surface area contributed by atoms with Gasteiger partial charge in [-0.1, -0.05) is 37.3 Å². The van der Waals surface area contributed by atoms with Gasteiger partial charge in [-0.2, -0.15) is 0 Å². The van der Waals surface area contributed by atoms with Gasteiger partial charge in [0.2, 0.25) is 0 Å². The normalized spacial score (nSPS) is 13.0. The number of halogens is 3. The molecule has 0 bridgehead atoms. The van der Waals surface area contributed by atoms with E-state index in [4.69, 9.17) is 5.73 Å². The summed E-state index contributed by atoms with van der Waals surface area (Å²) in [7, 11) is 0. The van der Waals surface area contributed by atoms with E-state index >= 15 is 0 Å². The molecular formula is C16H16F3NO2. The van der Waals surface area contributed by atoms with E-state index in [1.165, 1.54) is 24.3 Å². The summed E-state index contributed by atoms with van der Waals surface area (Å²) in [6.07, 6.45) is -4.07. The van der Waals surface area contributed by atoms with E-state index in [2.05, 4.69) is 4.74 Å². The zero-order chi connectivity index (χ0) is 16.3. The molecule has 3 N–H and O–H groups in total. The molecule has 0 aliphatic carbocycles. The monoisotopic (exact) mass is 311 g/mol. The van der Waals surface area contributed by atoms with Crippen molar-refractivity contribution >= 4 is 0 Å². The third-order valence-corrected chi connectivity index (χ3v) is 3.34. The molecule has 3 nitrogen and oxygen atoms in total. The standard InChI is InChI=1S/C16H16F3NO2/c1-2-10-4-3-5-13(15(10)21)14(20)11-6-8-12(9-7-11)22-16(17,18)19/h3-9,14,21H,2,20H2,1H3/t14-/m1/s1. The van der Waals surface area contributed by atoms with Crippen LogP contribution in [0.15, 0.2) is 42.5 Å². The lowest BCUT2D eigenvalue weighted by molar-refractivity contribution is -0.274. The Morgan fingerprint density at radius 3 is 2.32 bits per heavy atom. The molecule has 2 aromatic rings. The number of nitrogens with two attached hydrogens (primary N) is 1. The second kappa shape index (κ2) is 6.27. The predicted molar refractivity (Wildman–Crippen MR) is 76.6 cm³/mol. The quantitative estimate of drug-likeness (QED) is 0.900. The highest BCUT2D eigenvalue weighted by Gasteiger charge is 2.31. The first-order chi connectivity index (χ1) is 10.3. The molecule has 22 heavy (non-hydrogen) atoms. The summed E-state index contributed by atoms with van der Waals surface area (Å²) in [6, 6.07) is 9.94. The Labute approximate surface area is 126 Å². The Hall–Kier alpha value is -2.21. The van der Waals surface area contributed by atoms with Crippen molar-refractivity contribution in [3.8, 4) is 11.5 Å². The number of rotatable bonds is 4. The first kappa shape index (κ1) is 16.2. The second-order valence-corrected chi connectivity index (χ2v) is 4.80. The number of aromatic hydroxyl groups is 1. The molecule has 0 saturated carbocycles. The molecule has 0 saturated heterocycles. The lowest BCUT2D eigenvalue weighted by Crippen LogP contribution is -2.17. The Morgan fingerprint density at radius 1 is 1.14 bits per heavy atom. The molecule has 0 amide bonds. The van der Waals surface area contributed by atoms with Crippen molar-refractivity contribution in [3.05, 3.63) is 59.2 Å².